The molecule has 2 aromatic carbocycles. The predicted octanol–water partition coefficient (Wildman–Crippen LogP) is 1.72. The third-order valence-corrected chi connectivity index (χ3v) is 6.47. The summed E-state index contributed by atoms with van der Waals surface area (Å²) in [6.07, 6.45) is 0.468. The van der Waals surface area contributed by atoms with Crippen LogP contribution in [-0.4, -0.2) is 80.1 Å². The average Bonchev–Trinajstić information content (AvgIpc) is 2.85. The molecule has 1 aliphatic rings. The number of aromatic nitrogens is 1. The summed E-state index contributed by atoms with van der Waals surface area (Å²) in [6, 6.07) is 12.6. The summed E-state index contributed by atoms with van der Waals surface area (Å²) in [5.74, 6) is -3.44. The van der Waals surface area contributed by atoms with Gasteiger partial charge in [-0.2, -0.15) is 0 Å². The van der Waals surface area contributed by atoms with E-state index >= 15 is 0 Å². The number of rotatable bonds is 8. The number of anilines is 2. The van der Waals surface area contributed by atoms with Crippen molar-refractivity contribution in [1.82, 2.24) is 14.8 Å². The van der Waals surface area contributed by atoms with Crippen LogP contribution in [0.2, 0.25) is 0 Å². The first kappa shape index (κ1) is 26.6. The summed E-state index contributed by atoms with van der Waals surface area (Å²) in [5.41, 5.74) is 0.468. The Balaban J connectivity index is 1.41. The first-order chi connectivity index (χ1) is 17.5. The number of nitrogens with one attached hydrogen (secondary N) is 2. The van der Waals surface area contributed by atoms with Crippen molar-refractivity contribution in [2.45, 2.75) is 31.9 Å². The molecule has 1 saturated heterocycles. The van der Waals surface area contributed by atoms with Crippen LogP contribution in [0.4, 0.5) is 15.8 Å². The summed E-state index contributed by atoms with van der Waals surface area (Å²) in [6.45, 7) is 5.15. The van der Waals surface area contributed by atoms with Crippen LogP contribution in [0.1, 0.15) is 29.9 Å². The average molecular weight is 512 g/mol. The van der Waals surface area contributed by atoms with E-state index in [4.69, 9.17) is 0 Å². The van der Waals surface area contributed by atoms with Crippen LogP contribution in [0.25, 0.3) is 10.9 Å². The highest BCUT2D eigenvalue weighted by Crippen LogP contribution is 2.25. The number of carbonyl (C=O) groups is 2. The van der Waals surface area contributed by atoms with E-state index in [2.05, 4.69) is 20.5 Å². The van der Waals surface area contributed by atoms with Crippen molar-refractivity contribution in [3.8, 4) is 0 Å². The minimum Gasteiger partial charge on any atom is -0.383 e. The highest BCUT2D eigenvalue weighted by Gasteiger charge is 2.46. The van der Waals surface area contributed by atoms with Crippen LogP contribution >= 0.6 is 0 Å². The van der Waals surface area contributed by atoms with E-state index in [1.54, 1.807) is 18.2 Å². The lowest BCUT2D eigenvalue weighted by Crippen LogP contribution is -2.66. The van der Waals surface area contributed by atoms with E-state index in [9.17, 15) is 29.3 Å². The number of benzene rings is 2. The Hall–Kier alpha value is -3.48. The van der Waals surface area contributed by atoms with Crippen molar-refractivity contribution < 1.29 is 29.3 Å². The number of piperazine rings is 1. The molecule has 3 aromatic rings. The topological polar surface area (TPSA) is 138 Å². The van der Waals surface area contributed by atoms with Crippen molar-refractivity contribution in [3.63, 3.8) is 0 Å². The standard InChI is InChI=1S/C26H30FN5O5/c1-25(2,35)26(36,37)32-11-9-31(10-12-32)15-20-5-3-17-13-18(4-8-22(17)29-20)24(34)30-23-14-19(28-16-33)6-7-21(23)27/h3-8,13-14,16,35-37H,9-12,15H2,1-2H3,(H,28,33)(H,30,34). The molecule has 0 radical (unpaired) electrons. The van der Waals surface area contributed by atoms with Crippen molar-refractivity contribution in [1.29, 1.82) is 0 Å². The third kappa shape index (κ3) is 5.92. The molecule has 11 heteroatoms. The van der Waals surface area contributed by atoms with E-state index in [0.717, 1.165) is 17.1 Å². The largest absolute Gasteiger partial charge is 0.383 e. The molecule has 1 fully saturated rings. The normalized spacial score (nSPS) is 15.5. The maximum Gasteiger partial charge on any atom is 0.255 e. The predicted molar refractivity (Wildman–Crippen MR) is 136 cm³/mol. The van der Waals surface area contributed by atoms with E-state index in [-0.39, 0.29) is 5.69 Å². The van der Waals surface area contributed by atoms with Gasteiger partial charge < -0.3 is 26.0 Å². The van der Waals surface area contributed by atoms with Crippen LogP contribution in [0.5, 0.6) is 0 Å². The highest BCUT2D eigenvalue weighted by atomic mass is 19.1. The van der Waals surface area contributed by atoms with Crippen molar-refractivity contribution in [2.75, 3.05) is 36.8 Å². The lowest BCUT2D eigenvalue weighted by Gasteiger charge is -2.46. The molecule has 2 heterocycles. The Morgan fingerprint density at radius 1 is 1.05 bits per heavy atom. The summed E-state index contributed by atoms with van der Waals surface area (Å²) >= 11 is 0. The fraction of sp³-hybridized carbons (Fsp3) is 0.346. The number of nitrogens with zero attached hydrogens (tertiary/aromatic N) is 3. The van der Waals surface area contributed by atoms with Crippen LogP contribution in [0, 0.1) is 5.82 Å². The van der Waals surface area contributed by atoms with E-state index in [1.165, 1.54) is 30.9 Å². The molecule has 0 aliphatic carbocycles. The van der Waals surface area contributed by atoms with Crippen LogP contribution in [-0.2, 0) is 11.3 Å². The summed E-state index contributed by atoms with van der Waals surface area (Å²) in [7, 11) is 0. The summed E-state index contributed by atoms with van der Waals surface area (Å²) < 4.78 is 14.1. The number of aliphatic hydroxyl groups is 3. The van der Waals surface area contributed by atoms with Gasteiger partial charge in [-0.15, -0.1) is 0 Å². The zero-order valence-electron chi connectivity index (χ0n) is 20.6. The van der Waals surface area contributed by atoms with Gasteiger partial charge in [0.05, 0.1) is 16.9 Å². The second kappa shape index (κ2) is 10.5. The quantitative estimate of drug-likeness (QED) is 0.228. The number of halogens is 1. The molecule has 0 saturated carbocycles. The van der Waals surface area contributed by atoms with E-state index in [1.807, 2.05) is 12.1 Å². The molecule has 5 N–H and O–H groups in total. The molecule has 0 bridgehead atoms. The molecule has 37 heavy (non-hydrogen) atoms. The molecule has 0 unspecified atom stereocenters. The number of fused-ring (bicyclic) bond motifs is 1. The van der Waals surface area contributed by atoms with Gasteiger partial charge in [-0.25, -0.2) is 9.29 Å². The lowest BCUT2D eigenvalue weighted by atomic mass is 10.0. The third-order valence-electron chi connectivity index (χ3n) is 6.47. The maximum absolute atomic E-state index is 14.1. The van der Waals surface area contributed by atoms with Gasteiger partial charge in [-0.05, 0) is 56.3 Å². The Morgan fingerprint density at radius 3 is 2.46 bits per heavy atom. The Labute approximate surface area is 213 Å². The number of amides is 2. The van der Waals surface area contributed by atoms with Gasteiger partial charge in [0.2, 0.25) is 6.41 Å². The van der Waals surface area contributed by atoms with Crippen molar-refractivity contribution in [3.05, 3.63) is 65.6 Å². The first-order valence-electron chi connectivity index (χ1n) is 11.8. The SMILES string of the molecule is CC(C)(O)C(O)(O)N1CCN(Cc2ccc3cc(C(=O)Nc4cc(NC=O)ccc4F)ccc3n2)CC1. The van der Waals surface area contributed by atoms with Crippen LogP contribution < -0.4 is 10.6 Å². The minimum absolute atomic E-state index is 0.0484. The van der Waals surface area contributed by atoms with E-state index in [0.29, 0.717) is 55.9 Å². The second-order valence-electron chi connectivity index (χ2n) is 9.58. The summed E-state index contributed by atoms with van der Waals surface area (Å²) in [4.78, 5) is 31.6. The molecule has 0 atom stereocenters. The minimum atomic E-state index is -2.31. The molecule has 0 spiro atoms. The Morgan fingerprint density at radius 2 is 1.78 bits per heavy atom. The molecular weight excluding hydrogens is 481 g/mol. The Kier molecular flexibility index (Phi) is 7.53. The van der Waals surface area contributed by atoms with Gasteiger partial charge in [-0.3, -0.25) is 19.5 Å². The smallest absolute Gasteiger partial charge is 0.255 e. The molecular formula is C26H30FN5O5. The first-order valence-corrected chi connectivity index (χ1v) is 11.8. The van der Waals surface area contributed by atoms with Gasteiger partial charge in [0, 0.05) is 49.4 Å². The number of pyridine rings is 1. The Bertz CT molecular complexity index is 1300. The van der Waals surface area contributed by atoms with Gasteiger partial charge in [0.25, 0.3) is 11.8 Å². The van der Waals surface area contributed by atoms with Gasteiger partial charge in [-0.1, -0.05) is 6.07 Å². The molecule has 10 nitrogen and oxygen atoms in total. The van der Waals surface area contributed by atoms with Crippen molar-refractivity contribution in [2.24, 2.45) is 0 Å². The molecule has 2 amide bonds. The lowest BCUT2D eigenvalue weighted by molar-refractivity contribution is -0.344. The number of hydrogen-bond acceptors (Lipinski definition) is 8. The zero-order valence-corrected chi connectivity index (χ0v) is 20.6. The highest BCUT2D eigenvalue weighted by molar-refractivity contribution is 6.06. The van der Waals surface area contributed by atoms with E-state index < -0.39 is 23.2 Å². The molecule has 1 aliphatic heterocycles. The monoisotopic (exact) mass is 511 g/mol. The molecule has 196 valence electrons. The number of hydrogen-bond donors (Lipinski definition) is 5. The molecule has 1 aromatic heterocycles. The van der Waals surface area contributed by atoms with Crippen LogP contribution in [0.15, 0.2) is 48.5 Å². The van der Waals surface area contributed by atoms with Crippen LogP contribution in [0.3, 0.4) is 0 Å². The number of carbonyl (C=O) groups excluding carboxylic acids is 2. The zero-order chi connectivity index (χ0) is 26.8. The summed E-state index contributed by atoms with van der Waals surface area (Å²) in [5, 5.41) is 36.3. The maximum atomic E-state index is 14.1. The van der Waals surface area contributed by atoms with Crippen molar-refractivity contribution >= 4 is 34.6 Å². The van der Waals surface area contributed by atoms with Gasteiger partial charge >= 0.3 is 0 Å². The second-order valence-corrected chi connectivity index (χ2v) is 9.58. The van der Waals surface area contributed by atoms with Gasteiger partial charge in [0.1, 0.15) is 11.4 Å². The van der Waals surface area contributed by atoms with Gasteiger partial charge in [0.15, 0.2) is 0 Å². The molecule has 4 rings (SSSR count). The fourth-order valence-corrected chi connectivity index (χ4v) is 4.20. The fourth-order valence-electron chi connectivity index (χ4n) is 4.20.